The molecule has 0 atom stereocenters. The average molecular weight is 387 g/mol. The van der Waals surface area contributed by atoms with Crippen LogP contribution in [0.1, 0.15) is 11.1 Å². The molecule has 0 fully saturated rings. The molecular weight excluding hydrogens is 372 g/mol. The molecule has 0 amide bonds. The Balaban J connectivity index is 1.90. The molecule has 1 aromatic heterocycles. The van der Waals surface area contributed by atoms with Crippen LogP contribution in [0.5, 0.6) is 0 Å². The maximum atomic E-state index is 11.4. The van der Waals surface area contributed by atoms with E-state index in [0.717, 1.165) is 11.1 Å². The summed E-state index contributed by atoms with van der Waals surface area (Å²) in [5.74, 6) is 0.389. The summed E-state index contributed by atoms with van der Waals surface area (Å²) in [6.45, 7) is 0.930. The Labute approximate surface area is 147 Å². The molecule has 2 aromatic carbocycles. The molecule has 0 saturated carbocycles. The third-order valence-corrected chi connectivity index (χ3v) is 4.08. The molecule has 0 aliphatic rings. The van der Waals surface area contributed by atoms with Crippen molar-refractivity contribution in [1.29, 1.82) is 0 Å². The van der Waals surface area contributed by atoms with Crippen LogP contribution in [-0.4, -0.2) is 14.7 Å². The Bertz CT molecular complexity index is 835. The van der Waals surface area contributed by atoms with Crippen molar-refractivity contribution in [3.05, 3.63) is 86.5 Å². The first-order valence-corrected chi connectivity index (χ1v) is 8.17. The maximum absolute atomic E-state index is 11.4. The van der Waals surface area contributed by atoms with Gasteiger partial charge in [-0.1, -0.05) is 60.7 Å². The summed E-state index contributed by atoms with van der Waals surface area (Å²) >= 11 is 3.19. The molecule has 0 spiro atoms. The third kappa shape index (κ3) is 3.62. The number of aromatic nitrogens is 2. The lowest BCUT2D eigenvalue weighted by Crippen LogP contribution is -2.10. The van der Waals surface area contributed by atoms with Gasteiger partial charge in [-0.2, -0.15) is 5.10 Å². The SMILES string of the molecule is O=[N+]([O-])c1c(Br)nn(Cc2ccccc2)c1NCc1ccccc1. The van der Waals surface area contributed by atoms with Crippen LogP contribution in [0.15, 0.2) is 65.3 Å². The fourth-order valence-corrected chi connectivity index (χ4v) is 2.94. The van der Waals surface area contributed by atoms with Crippen LogP contribution in [0.2, 0.25) is 0 Å². The summed E-state index contributed by atoms with van der Waals surface area (Å²) in [7, 11) is 0. The van der Waals surface area contributed by atoms with Crippen molar-refractivity contribution in [2.24, 2.45) is 0 Å². The number of nitrogens with zero attached hydrogens (tertiary/aromatic N) is 3. The predicted molar refractivity (Wildman–Crippen MR) is 95.9 cm³/mol. The monoisotopic (exact) mass is 386 g/mol. The van der Waals surface area contributed by atoms with E-state index in [2.05, 4.69) is 26.3 Å². The lowest BCUT2D eigenvalue weighted by Gasteiger charge is -2.09. The standard InChI is InChI=1S/C17H15BrN4O2/c18-16-15(22(23)24)17(19-11-13-7-3-1-4-8-13)21(20-16)12-14-9-5-2-6-10-14/h1-10,19H,11-12H2. The van der Waals surface area contributed by atoms with Gasteiger partial charge in [0, 0.05) is 6.54 Å². The Kier molecular flexibility index (Phi) is 4.90. The van der Waals surface area contributed by atoms with E-state index in [1.54, 1.807) is 4.68 Å². The maximum Gasteiger partial charge on any atom is 0.345 e. The minimum atomic E-state index is -0.425. The number of halogens is 1. The van der Waals surface area contributed by atoms with E-state index in [1.807, 2.05) is 60.7 Å². The third-order valence-electron chi connectivity index (χ3n) is 3.55. The molecule has 0 aliphatic carbocycles. The Morgan fingerprint density at radius 3 is 2.21 bits per heavy atom. The van der Waals surface area contributed by atoms with Crippen LogP contribution >= 0.6 is 15.9 Å². The van der Waals surface area contributed by atoms with Crippen LogP contribution in [0, 0.1) is 10.1 Å². The average Bonchev–Trinajstić information content (AvgIpc) is 2.90. The van der Waals surface area contributed by atoms with Gasteiger partial charge in [0.25, 0.3) is 0 Å². The zero-order valence-electron chi connectivity index (χ0n) is 12.7. The molecule has 0 radical (unpaired) electrons. The van der Waals surface area contributed by atoms with Crippen LogP contribution in [-0.2, 0) is 13.1 Å². The quantitative estimate of drug-likeness (QED) is 0.508. The van der Waals surface area contributed by atoms with E-state index in [0.29, 0.717) is 18.9 Å². The van der Waals surface area contributed by atoms with Gasteiger partial charge >= 0.3 is 5.69 Å². The number of nitrogens with one attached hydrogen (secondary N) is 1. The lowest BCUT2D eigenvalue weighted by molar-refractivity contribution is -0.384. The highest BCUT2D eigenvalue weighted by Crippen LogP contribution is 2.33. The topological polar surface area (TPSA) is 73.0 Å². The fourth-order valence-electron chi connectivity index (χ4n) is 2.41. The summed E-state index contributed by atoms with van der Waals surface area (Å²) in [5, 5.41) is 18.8. The van der Waals surface area contributed by atoms with Crippen molar-refractivity contribution in [3.63, 3.8) is 0 Å². The summed E-state index contributed by atoms with van der Waals surface area (Å²) in [4.78, 5) is 11.0. The highest BCUT2D eigenvalue weighted by molar-refractivity contribution is 9.10. The highest BCUT2D eigenvalue weighted by atomic mass is 79.9. The molecule has 1 heterocycles. The van der Waals surface area contributed by atoms with Crippen LogP contribution in [0.4, 0.5) is 11.5 Å². The highest BCUT2D eigenvalue weighted by Gasteiger charge is 2.26. The Hall–Kier alpha value is -2.67. The van der Waals surface area contributed by atoms with Crippen LogP contribution in [0.3, 0.4) is 0 Å². The largest absolute Gasteiger partial charge is 0.360 e. The van der Waals surface area contributed by atoms with E-state index in [4.69, 9.17) is 0 Å². The molecule has 3 rings (SSSR count). The van der Waals surface area contributed by atoms with Gasteiger partial charge in [0.2, 0.25) is 10.4 Å². The van der Waals surface area contributed by atoms with Crippen LogP contribution in [0.25, 0.3) is 0 Å². The van der Waals surface area contributed by atoms with Crippen molar-refractivity contribution >= 4 is 27.4 Å². The van der Waals surface area contributed by atoms with E-state index < -0.39 is 4.92 Å². The van der Waals surface area contributed by atoms with Gasteiger partial charge < -0.3 is 5.32 Å². The molecule has 122 valence electrons. The first-order chi connectivity index (χ1) is 11.6. The minimum absolute atomic E-state index is 0.0538. The van der Waals surface area contributed by atoms with Gasteiger partial charge in [-0.05, 0) is 27.1 Å². The zero-order valence-corrected chi connectivity index (χ0v) is 14.3. The first kappa shape index (κ1) is 16.2. The molecule has 0 saturated heterocycles. The van der Waals surface area contributed by atoms with Gasteiger partial charge in [0.1, 0.15) is 0 Å². The van der Waals surface area contributed by atoms with E-state index in [-0.39, 0.29) is 10.3 Å². The number of anilines is 1. The van der Waals surface area contributed by atoms with Crippen molar-refractivity contribution in [2.75, 3.05) is 5.32 Å². The Morgan fingerprint density at radius 1 is 1.04 bits per heavy atom. The molecule has 0 bridgehead atoms. The number of hydrogen-bond donors (Lipinski definition) is 1. The summed E-state index contributed by atoms with van der Waals surface area (Å²) in [6.07, 6.45) is 0. The van der Waals surface area contributed by atoms with Gasteiger partial charge in [-0.25, -0.2) is 4.68 Å². The van der Waals surface area contributed by atoms with Crippen molar-refractivity contribution in [1.82, 2.24) is 9.78 Å². The second-order valence-corrected chi connectivity index (χ2v) is 5.98. The zero-order chi connectivity index (χ0) is 16.9. The van der Waals surface area contributed by atoms with Crippen molar-refractivity contribution in [3.8, 4) is 0 Å². The predicted octanol–water partition coefficient (Wildman–Crippen LogP) is 4.21. The first-order valence-electron chi connectivity index (χ1n) is 7.37. The minimum Gasteiger partial charge on any atom is -0.360 e. The normalized spacial score (nSPS) is 10.5. The molecular formula is C17H15BrN4O2. The molecule has 3 aromatic rings. The number of nitro groups is 1. The number of rotatable bonds is 6. The van der Waals surface area contributed by atoms with Gasteiger partial charge in [0.15, 0.2) is 0 Å². The van der Waals surface area contributed by atoms with E-state index in [9.17, 15) is 10.1 Å². The molecule has 0 unspecified atom stereocenters. The molecule has 7 heteroatoms. The second kappa shape index (κ2) is 7.27. The van der Waals surface area contributed by atoms with Crippen molar-refractivity contribution in [2.45, 2.75) is 13.1 Å². The van der Waals surface area contributed by atoms with E-state index in [1.165, 1.54) is 0 Å². The Morgan fingerprint density at radius 2 is 1.62 bits per heavy atom. The number of hydrogen-bond acceptors (Lipinski definition) is 4. The molecule has 1 N–H and O–H groups in total. The molecule has 6 nitrogen and oxygen atoms in total. The van der Waals surface area contributed by atoms with Gasteiger partial charge in [-0.3, -0.25) is 10.1 Å². The van der Waals surface area contributed by atoms with Crippen LogP contribution < -0.4 is 5.32 Å². The van der Waals surface area contributed by atoms with Crippen molar-refractivity contribution < 1.29 is 4.92 Å². The molecule has 0 aliphatic heterocycles. The lowest BCUT2D eigenvalue weighted by atomic mass is 10.2. The second-order valence-electron chi connectivity index (χ2n) is 5.23. The smallest absolute Gasteiger partial charge is 0.345 e. The summed E-state index contributed by atoms with van der Waals surface area (Å²) in [6, 6.07) is 19.4. The van der Waals surface area contributed by atoms with Gasteiger partial charge in [0.05, 0.1) is 11.5 Å². The van der Waals surface area contributed by atoms with Gasteiger partial charge in [-0.15, -0.1) is 0 Å². The summed E-state index contributed by atoms with van der Waals surface area (Å²) in [5.41, 5.74) is 2.00. The fraction of sp³-hybridized carbons (Fsp3) is 0.118. The number of benzene rings is 2. The molecule has 24 heavy (non-hydrogen) atoms. The van der Waals surface area contributed by atoms with E-state index >= 15 is 0 Å². The summed E-state index contributed by atoms with van der Waals surface area (Å²) < 4.78 is 1.83.